The van der Waals surface area contributed by atoms with Gasteiger partial charge in [-0.25, -0.2) is 4.39 Å². The summed E-state index contributed by atoms with van der Waals surface area (Å²) >= 11 is 0. The third-order valence-electron chi connectivity index (χ3n) is 3.24. The fourth-order valence-electron chi connectivity index (χ4n) is 1.98. The number of ether oxygens (including phenoxy) is 1. The number of alkyl halides is 3. The van der Waals surface area contributed by atoms with Gasteiger partial charge >= 0.3 is 6.18 Å². The Morgan fingerprint density at radius 1 is 1.24 bits per heavy atom. The number of rotatable bonds is 7. The van der Waals surface area contributed by atoms with Crippen molar-refractivity contribution in [3.8, 4) is 5.75 Å². The van der Waals surface area contributed by atoms with E-state index in [1.807, 2.05) is 0 Å². The van der Waals surface area contributed by atoms with Crippen LogP contribution in [0.25, 0.3) is 0 Å². The second kappa shape index (κ2) is 6.98. The zero-order valence-corrected chi connectivity index (χ0v) is 12.1. The molecule has 21 heavy (non-hydrogen) atoms. The van der Waals surface area contributed by atoms with Gasteiger partial charge in [-0.15, -0.1) is 0 Å². The Hall–Kier alpha value is -1.50. The second-order valence-corrected chi connectivity index (χ2v) is 5.21. The average Bonchev–Trinajstić information content (AvgIpc) is 2.39. The Kier molecular flexibility index (Phi) is 5.83. The lowest BCUT2D eigenvalue weighted by Gasteiger charge is -2.31. The van der Waals surface area contributed by atoms with Crippen molar-refractivity contribution in [2.45, 2.75) is 37.9 Å². The van der Waals surface area contributed by atoms with Crippen LogP contribution in [0.4, 0.5) is 23.2 Å². The van der Waals surface area contributed by atoms with Crippen LogP contribution in [0.2, 0.25) is 0 Å². The molecule has 0 saturated heterocycles. The number of nitrogens with two attached hydrogens (primary N) is 1. The Morgan fingerprint density at radius 3 is 2.43 bits per heavy atom. The van der Waals surface area contributed by atoms with E-state index in [9.17, 15) is 17.6 Å². The molecule has 1 aromatic carbocycles. The van der Waals surface area contributed by atoms with Crippen LogP contribution in [-0.2, 0) is 0 Å². The first-order chi connectivity index (χ1) is 9.69. The molecule has 120 valence electrons. The summed E-state index contributed by atoms with van der Waals surface area (Å²) in [5, 5.41) is 3.05. The lowest BCUT2D eigenvalue weighted by Crippen LogP contribution is -2.42. The van der Waals surface area contributed by atoms with Crippen LogP contribution < -0.4 is 15.8 Å². The minimum atomic E-state index is -4.17. The fraction of sp³-hybridized carbons (Fsp3) is 0.571. The summed E-state index contributed by atoms with van der Waals surface area (Å²) < 4.78 is 54.8. The summed E-state index contributed by atoms with van der Waals surface area (Å²) in [7, 11) is 1.34. The highest BCUT2D eigenvalue weighted by atomic mass is 19.4. The molecule has 0 heterocycles. The van der Waals surface area contributed by atoms with Crippen molar-refractivity contribution in [2.75, 3.05) is 19.0 Å². The molecule has 3 N–H and O–H groups in total. The molecule has 3 nitrogen and oxygen atoms in total. The van der Waals surface area contributed by atoms with Crippen LogP contribution in [0.3, 0.4) is 0 Å². The lowest BCUT2D eigenvalue weighted by molar-refractivity contribution is -0.136. The van der Waals surface area contributed by atoms with Gasteiger partial charge in [-0.05, 0) is 31.9 Å². The Morgan fingerprint density at radius 2 is 1.90 bits per heavy atom. The van der Waals surface area contributed by atoms with Crippen molar-refractivity contribution in [1.29, 1.82) is 0 Å². The minimum Gasteiger partial charge on any atom is -0.494 e. The van der Waals surface area contributed by atoms with E-state index in [0.29, 0.717) is 5.69 Å². The lowest BCUT2D eigenvalue weighted by atomic mass is 9.94. The van der Waals surface area contributed by atoms with Gasteiger partial charge in [-0.2, -0.15) is 13.2 Å². The summed E-state index contributed by atoms with van der Waals surface area (Å²) in [6.07, 6.45) is -4.79. The van der Waals surface area contributed by atoms with Crippen LogP contribution in [0, 0.1) is 5.82 Å². The van der Waals surface area contributed by atoms with Crippen molar-refractivity contribution in [1.82, 2.24) is 0 Å². The summed E-state index contributed by atoms with van der Waals surface area (Å²) in [6, 6.07) is 4.18. The average molecular weight is 308 g/mol. The molecule has 1 unspecified atom stereocenters. The van der Waals surface area contributed by atoms with E-state index >= 15 is 0 Å². The van der Waals surface area contributed by atoms with E-state index in [1.165, 1.54) is 25.3 Å². The number of benzene rings is 1. The largest absolute Gasteiger partial charge is 0.494 e. The first-order valence-corrected chi connectivity index (χ1v) is 6.58. The molecule has 0 bridgehead atoms. The summed E-state index contributed by atoms with van der Waals surface area (Å²) in [4.78, 5) is 0. The minimum absolute atomic E-state index is 0.0253. The van der Waals surface area contributed by atoms with E-state index in [2.05, 4.69) is 5.32 Å². The summed E-state index contributed by atoms with van der Waals surface area (Å²) in [5.41, 5.74) is 5.51. The van der Waals surface area contributed by atoms with Gasteiger partial charge in [0, 0.05) is 30.3 Å². The molecule has 0 spiro atoms. The highest BCUT2D eigenvalue weighted by Crippen LogP contribution is 2.28. The SMILES string of the molecule is COc1cc(NC(C)(CN)CCCC(F)(F)F)ccc1F. The summed E-state index contributed by atoms with van der Waals surface area (Å²) in [5.74, 6) is -0.441. The van der Waals surface area contributed by atoms with Crippen LogP contribution in [0.15, 0.2) is 18.2 Å². The van der Waals surface area contributed by atoms with Gasteiger partial charge in [0.2, 0.25) is 0 Å². The van der Waals surface area contributed by atoms with Crippen LogP contribution in [0.5, 0.6) is 5.75 Å². The maximum atomic E-state index is 13.3. The molecule has 0 fully saturated rings. The number of hydrogen-bond acceptors (Lipinski definition) is 3. The normalized spacial score (nSPS) is 14.6. The van der Waals surface area contributed by atoms with E-state index < -0.39 is 24.0 Å². The first kappa shape index (κ1) is 17.6. The first-order valence-electron chi connectivity index (χ1n) is 6.58. The van der Waals surface area contributed by atoms with Crippen molar-refractivity contribution >= 4 is 5.69 Å². The van der Waals surface area contributed by atoms with Crippen molar-refractivity contribution in [3.05, 3.63) is 24.0 Å². The van der Waals surface area contributed by atoms with Gasteiger partial charge in [0.1, 0.15) is 0 Å². The maximum Gasteiger partial charge on any atom is 0.389 e. The molecule has 1 aromatic rings. The molecule has 0 aromatic heterocycles. The number of methoxy groups -OCH3 is 1. The molecule has 0 radical (unpaired) electrons. The number of halogens is 4. The molecular weight excluding hydrogens is 288 g/mol. The predicted octanol–water partition coefficient (Wildman–Crippen LogP) is 3.70. The molecule has 1 atom stereocenters. The fourth-order valence-corrected chi connectivity index (χ4v) is 1.98. The zero-order chi connectivity index (χ0) is 16.1. The molecule has 0 aliphatic heterocycles. The standard InChI is InChI=1S/C14H20F4N2O/c1-13(9-19,6-3-7-14(16,17)18)20-10-4-5-11(15)12(8-10)21-2/h4-5,8,20H,3,6-7,9,19H2,1-2H3. The zero-order valence-electron chi connectivity index (χ0n) is 12.1. The Bertz CT molecular complexity index is 465. The molecule has 0 aliphatic rings. The number of anilines is 1. The summed E-state index contributed by atoms with van der Waals surface area (Å²) in [6.45, 7) is 1.89. The van der Waals surface area contributed by atoms with E-state index in [-0.39, 0.29) is 25.1 Å². The predicted molar refractivity (Wildman–Crippen MR) is 73.9 cm³/mol. The monoisotopic (exact) mass is 308 g/mol. The van der Waals surface area contributed by atoms with Crippen LogP contribution in [0.1, 0.15) is 26.2 Å². The molecular formula is C14H20F4N2O. The van der Waals surface area contributed by atoms with Crippen molar-refractivity contribution < 1.29 is 22.3 Å². The molecule has 0 amide bonds. The highest BCUT2D eigenvalue weighted by Gasteiger charge is 2.29. The van der Waals surface area contributed by atoms with Gasteiger partial charge in [-0.1, -0.05) is 0 Å². The third-order valence-corrected chi connectivity index (χ3v) is 3.24. The van der Waals surface area contributed by atoms with E-state index in [4.69, 9.17) is 10.5 Å². The van der Waals surface area contributed by atoms with Gasteiger partial charge in [0.05, 0.1) is 7.11 Å². The van der Waals surface area contributed by atoms with Crippen LogP contribution in [-0.4, -0.2) is 25.4 Å². The van der Waals surface area contributed by atoms with E-state index in [1.54, 1.807) is 6.92 Å². The molecule has 0 aliphatic carbocycles. The second-order valence-electron chi connectivity index (χ2n) is 5.21. The molecule has 0 saturated carbocycles. The molecule has 1 rings (SSSR count). The third kappa shape index (κ3) is 5.79. The van der Waals surface area contributed by atoms with Gasteiger partial charge in [0.15, 0.2) is 11.6 Å². The Labute approximate surface area is 121 Å². The number of hydrogen-bond donors (Lipinski definition) is 2. The highest BCUT2D eigenvalue weighted by molar-refractivity contribution is 5.50. The van der Waals surface area contributed by atoms with Crippen molar-refractivity contribution in [3.63, 3.8) is 0 Å². The number of nitrogens with one attached hydrogen (secondary N) is 1. The van der Waals surface area contributed by atoms with Gasteiger partial charge < -0.3 is 15.8 Å². The van der Waals surface area contributed by atoms with Gasteiger partial charge in [0.25, 0.3) is 0 Å². The smallest absolute Gasteiger partial charge is 0.389 e. The quantitative estimate of drug-likeness (QED) is 0.755. The Balaban J connectivity index is 2.71. The van der Waals surface area contributed by atoms with Crippen molar-refractivity contribution in [2.24, 2.45) is 5.73 Å². The molecule has 7 heteroatoms. The van der Waals surface area contributed by atoms with Gasteiger partial charge in [-0.3, -0.25) is 0 Å². The maximum absolute atomic E-state index is 13.3. The topological polar surface area (TPSA) is 47.3 Å². The van der Waals surface area contributed by atoms with Crippen LogP contribution >= 0.6 is 0 Å². The van der Waals surface area contributed by atoms with E-state index in [0.717, 1.165) is 0 Å².